The van der Waals surface area contributed by atoms with E-state index in [-0.39, 0.29) is 6.04 Å². The van der Waals surface area contributed by atoms with Crippen LogP contribution < -0.4 is 0 Å². The standard InChI is InChI=1S/C32H32N2/c1-4-11-27(12-5-1)13-10-22-33-23-25-34(26-24-33)32(30-16-8-3-9-17-30)31-20-18-29(19-21-31)28-14-6-2-7-15-28/h1-21,32H,22-26H2/b13-10+. The molecule has 4 aromatic carbocycles. The van der Waals surface area contributed by atoms with E-state index in [1.165, 1.54) is 27.8 Å². The van der Waals surface area contributed by atoms with Crippen molar-refractivity contribution in [3.63, 3.8) is 0 Å². The van der Waals surface area contributed by atoms with Gasteiger partial charge in [-0.2, -0.15) is 0 Å². The Hall–Kier alpha value is -3.46. The Morgan fingerprint density at radius 1 is 0.559 bits per heavy atom. The molecular weight excluding hydrogens is 412 g/mol. The van der Waals surface area contributed by atoms with E-state index in [1.54, 1.807) is 0 Å². The summed E-state index contributed by atoms with van der Waals surface area (Å²) in [5.74, 6) is 0. The molecule has 0 radical (unpaired) electrons. The Balaban J connectivity index is 1.28. The molecule has 1 unspecified atom stereocenters. The van der Waals surface area contributed by atoms with Gasteiger partial charge >= 0.3 is 0 Å². The molecule has 0 amide bonds. The summed E-state index contributed by atoms with van der Waals surface area (Å²) in [5, 5.41) is 0. The maximum atomic E-state index is 2.64. The van der Waals surface area contributed by atoms with Crippen LogP contribution in [0, 0.1) is 0 Å². The second-order valence-corrected chi connectivity index (χ2v) is 8.95. The molecule has 1 aliphatic heterocycles. The van der Waals surface area contributed by atoms with Gasteiger partial charge in [0.25, 0.3) is 0 Å². The average molecular weight is 445 g/mol. The quantitative estimate of drug-likeness (QED) is 0.310. The van der Waals surface area contributed by atoms with Crippen LogP contribution in [0.1, 0.15) is 22.7 Å². The maximum absolute atomic E-state index is 2.64. The van der Waals surface area contributed by atoms with Crippen molar-refractivity contribution in [1.82, 2.24) is 9.80 Å². The fraction of sp³-hybridized carbons (Fsp3) is 0.188. The molecule has 1 fully saturated rings. The van der Waals surface area contributed by atoms with E-state index in [2.05, 4.69) is 137 Å². The van der Waals surface area contributed by atoms with Crippen molar-refractivity contribution in [2.45, 2.75) is 6.04 Å². The predicted molar refractivity (Wildman–Crippen MR) is 144 cm³/mol. The van der Waals surface area contributed by atoms with Gasteiger partial charge in [-0.1, -0.05) is 127 Å². The third-order valence-electron chi connectivity index (χ3n) is 6.69. The summed E-state index contributed by atoms with van der Waals surface area (Å²) < 4.78 is 0. The summed E-state index contributed by atoms with van der Waals surface area (Å²) in [6.07, 6.45) is 4.52. The number of piperazine rings is 1. The molecule has 2 nitrogen and oxygen atoms in total. The average Bonchev–Trinajstić information content (AvgIpc) is 2.92. The third-order valence-corrected chi connectivity index (χ3v) is 6.69. The molecule has 0 bridgehead atoms. The van der Waals surface area contributed by atoms with Gasteiger partial charge in [0.05, 0.1) is 6.04 Å². The normalized spacial score (nSPS) is 16.0. The van der Waals surface area contributed by atoms with Gasteiger partial charge in [-0.3, -0.25) is 9.80 Å². The van der Waals surface area contributed by atoms with E-state index in [0.717, 1.165) is 32.7 Å². The number of rotatable bonds is 7. The molecule has 1 saturated heterocycles. The molecule has 0 N–H and O–H groups in total. The minimum absolute atomic E-state index is 0.285. The van der Waals surface area contributed by atoms with Crippen LogP contribution in [0.5, 0.6) is 0 Å². The van der Waals surface area contributed by atoms with Crippen LogP contribution in [-0.2, 0) is 0 Å². The molecule has 0 spiro atoms. The fourth-order valence-electron chi connectivity index (χ4n) is 4.84. The highest BCUT2D eigenvalue weighted by molar-refractivity contribution is 5.63. The Morgan fingerprint density at radius 2 is 1.09 bits per heavy atom. The first-order valence-electron chi connectivity index (χ1n) is 12.3. The van der Waals surface area contributed by atoms with Gasteiger partial charge < -0.3 is 0 Å². The van der Waals surface area contributed by atoms with Crippen molar-refractivity contribution in [2.24, 2.45) is 0 Å². The lowest BCUT2D eigenvalue weighted by Crippen LogP contribution is -2.47. The van der Waals surface area contributed by atoms with Crippen LogP contribution in [0.4, 0.5) is 0 Å². The number of benzene rings is 4. The summed E-state index contributed by atoms with van der Waals surface area (Å²) in [7, 11) is 0. The van der Waals surface area contributed by atoms with Crippen molar-refractivity contribution >= 4 is 6.08 Å². The first-order chi connectivity index (χ1) is 16.9. The Kier molecular flexibility index (Phi) is 7.30. The molecule has 0 aliphatic carbocycles. The molecule has 2 heteroatoms. The summed E-state index contributed by atoms with van der Waals surface area (Å²) in [4.78, 5) is 5.20. The molecule has 5 rings (SSSR count). The molecule has 1 aliphatic rings. The minimum atomic E-state index is 0.285. The molecule has 1 atom stereocenters. The Labute approximate surface area is 203 Å². The lowest BCUT2D eigenvalue weighted by molar-refractivity contribution is 0.118. The van der Waals surface area contributed by atoms with Gasteiger partial charge in [0.1, 0.15) is 0 Å². The molecule has 34 heavy (non-hydrogen) atoms. The molecule has 0 aromatic heterocycles. The summed E-state index contributed by atoms with van der Waals surface area (Å²) in [6, 6.07) is 41.6. The van der Waals surface area contributed by atoms with Gasteiger partial charge in [-0.15, -0.1) is 0 Å². The molecular formula is C32H32N2. The van der Waals surface area contributed by atoms with Gasteiger partial charge in [-0.05, 0) is 27.8 Å². The van der Waals surface area contributed by atoms with Gasteiger partial charge in [0, 0.05) is 32.7 Å². The van der Waals surface area contributed by atoms with Crippen LogP contribution in [0.25, 0.3) is 17.2 Å². The van der Waals surface area contributed by atoms with Crippen molar-refractivity contribution in [3.05, 3.63) is 138 Å². The van der Waals surface area contributed by atoms with Crippen molar-refractivity contribution in [3.8, 4) is 11.1 Å². The van der Waals surface area contributed by atoms with E-state index in [0.29, 0.717) is 0 Å². The number of hydrogen-bond acceptors (Lipinski definition) is 2. The van der Waals surface area contributed by atoms with E-state index in [1.807, 2.05) is 0 Å². The van der Waals surface area contributed by atoms with Crippen molar-refractivity contribution in [1.29, 1.82) is 0 Å². The van der Waals surface area contributed by atoms with Crippen LogP contribution >= 0.6 is 0 Å². The van der Waals surface area contributed by atoms with E-state index in [4.69, 9.17) is 0 Å². The zero-order valence-corrected chi connectivity index (χ0v) is 19.6. The van der Waals surface area contributed by atoms with Crippen LogP contribution in [-0.4, -0.2) is 42.5 Å². The Morgan fingerprint density at radius 3 is 1.74 bits per heavy atom. The largest absolute Gasteiger partial charge is 0.297 e. The van der Waals surface area contributed by atoms with Crippen LogP contribution in [0.2, 0.25) is 0 Å². The maximum Gasteiger partial charge on any atom is 0.0602 e. The monoisotopic (exact) mass is 444 g/mol. The highest BCUT2D eigenvalue weighted by Crippen LogP contribution is 2.31. The van der Waals surface area contributed by atoms with E-state index in [9.17, 15) is 0 Å². The van der Waals surface area contributed by atoms with Crippen LogP contribution in [0.15, 0.2) is 121 Å². The van der Waals surface area contributed by atoms with Crippen molar-refractivity contribution in [2.75, 3.05) is 32.7 Å². The first-order valence-corrected chi connectivity index (χ1v) is 12.3. The summed E-state index contributed by atoms with van der Waals surface area (Å²) in [5.41, 5.74) is 6.54. The van der Waals surface area contributed by atoms with E-state index < -0.39 is 0 Å². The Bertz CT molecular complexity index is 1160. The highest BCUT2D eigenvalue weighted by Gasteiger charge is 2.26. The summed E-state index contributed by atoms with van der Waals surface area (Å²) >= 11 is 0. The smallest absolute Gasteiger partial charge is 0.0602 e. The zero-order chi connectivity index (χ0) is 23.0. The highest BCUT2D eigenvalue weighted by atomic mass is 15.3. The predicted octanol–water partition coefficient (Wildman–Crippen LogP) is 6.77. The number of nitrogens with zero attached hydrogens (tertiary/aromatic N) is 2. The van der Waals surface area contributed by atoms with Gasteiger partial charge in [-0.25, -0.2) is 0 Å². The topological polar surface area (TPSA) is 6.48 Å². The molecule has 1 heterocycles. The molecule has 4 aromatic rings. The van der Waals surface area contributed by atoms with Crippen molar-refractivity contribution < 1.29 is 0 Å². The van der Waals surface area contributed by atoms with Gasteiger partial charge in [0.2, 0.25) is 0 Å². The van der Waals surface area contributed by atoms with Crippen LogP contribution in [0.3, 0.4) is 0 Å². The van der Waals surface area contributed by atoms with Gasteiger partial charge in [0.15, 0.2) is 0 Å². The second-order valence-electron chi connectivity index (χ2n) is 8.95. The lowest BCUT2D eigenvalue weighted by atomic mass is 9.94. The first kappa shape index (κ1) is 22.3. The lowest BCUT2D eigenvalue weighted by Gasteiger charge is -2.39. The molecule has 0 saturated carbocycles. The number of hydrogen-bond donors (Lipinski definition) is 0. The fourth-order valence-corrected chi connectivity index (χ4v) is 4.84. The second kappa shape index (κ2) is 11.1. The zero-order valence-electron chi connectivity index (χ0n) is 19.6. The van der Waals surface area contributed by atoms with E-state index >= 15 is 0 Å². The molecule has 170 valence electrons. The third kappa shape index (κ3) is 5.53. The summed E-state index contributed by atoms with van der Waals surface area (Å²) in [6.45, 7) is 5.32. The SMILES string of the molecule is C(=C\c1ccccc1)/CN1CCN(C(c2ccccc2)c2ccc(-c3ccccc3)cc2)CC1. The minimum Gasteiger partial charge on any atom is -0.297 e.